The van der Waals surface area contributed by atoms with E-state index < -0.39 is 0 Å². The smallest absolute Gasteiger partial charge is 0.125 e. The summed E-state index contributed by atoms with van der Waals surface area (Å²) >= 11 is 0. The van der Waals surface area contributed by atoms with Gasteiger partial charge in [0, 0.05) is 5.56 Å². The van der Waals surface area contributed by atoms with Crippen LogP contribution in [0.3, 0.4) is 0 Å². The van der Waals surface area contributed by atoms with Crippen LogP contribution in [-0.4, -0.2) is 22.6 Å². The van der Waals surface area contributed by atoms with Gasteiger partial charge in [0.25, 0.3) is 0 Å². The molecule has 0 aromatic heterocycles. The van der Waals surface area contributed by atoms with Crippen molar-refractivity contribution >= 4 is 5.71 Å². The van der Waals surface area contributed by atoms with Crippen molar-refractivity contribution < 1.29 is 15.1 Å². The van der Waals surface area contributed by atoms with Gasteiger partial charge in [-0.2, -0.15) is 0 Å². The van der Waals surface area contributed by atoms with E-state index in [2.05, 4.69) is 12.1 Å². The monoisotopic (exact) mass is 363 g/mol. The molecule has 0 amide bonds. The fourth-order valence-electron chi connectivity index (χ4n) is 3.20. The first-order valence-corrected chi connectivity index (χ1v) is 10.4. The van der Waals surface area contributed by atoms with Crippen molar-refractivity contribution in [1.82, 2.24) is 0 Å². The van der Waals surface area contributed by atoms with Crippen LogP contribution in [0.5, 0.6) is 11.5 Å². The minimum Gasteiger partial charge on any atom is -0.507 e. The molecule has 1 rings (SSSR count). The summed E-state index contributed by atoms with van der Waals surface area (Å²) in [5.41, 5.74) is 1.09. The first-order chi connectivity index (χ1) is 12.7. The molecule has 0 heterocycles. The molecule has 0 aliphatic carbocycles. The van der Waals surface area contributed by atoms with Crippen LogP contribution in [0.2, 0.25) is 0 Å². The molecule has 0 aliphatic rings. The molecule has 0 bridgehead atoms. The van der Waals surface area contributed by atoms with E-state index in [1.54, 1.807) is 18.2 Å². The van der Waals surface area contributed by atoms with Crippen LogP contribution in [0.15, 0.2) is 23.4 Å². The van der Waals surface area contributed by atoms with Gasteiger partial charge in [-0.05, 0) is 38.0 Å². The lowest BCUT2D eigenvalue weighted by Gasteiger charge is -2.10. The molecule has 1 aromatic carbocycles. The van der Waals surface area contributed by atoms with Gasteiger partial charge in [0.05, 0.1) is 12.3 Å². The van der Waals surface area contributed by atoms with E-state index in [-0.39, 0.29) is 5.75 Å². The van der Waals surface area contributed by atoms with E-state index in [1.807, 2.05) is 6.92 Å². The molecular formula is C22H37NO3. The highest BCUT2D eigenvalue weighted by atomic mass is 16.5. The minimum absolute atomic E-state index is 0.129. The lowest BCUT2D eigenvalue weighted by atomic mass is 10.0. The second-order valence-corrected chi connectivity index (χ2v) is 6.94. The molecule has 0 atom stereocenters. The molecule has 4 nitrogen and oxygen atoms in total. The first-order valence-electron chi connectivity index (χ1n) is 10.4. The third kappa shape index (κ3) is 9.12. The Morgan fingerprint density at radius 3 is 2.00 bits per heavy atom. The Bertz CT molecular complexity index is 514. The van der Waals surface area contributed by atoms with Crippen LogP contribution in [0.25, 0.3) is 0 Å². The van der Waals surface area contributed by atoms with Crippen LogP contribution < -0.4 is 4.74 Å². The average molecular weight is 364 g/mol. The Balaban J connectivity index is 2.22. The van der Waals surface area contributed by atoms with Gasteiger partial charge in [-0.3, -0.25) is 0 Å². The number of rotatable bonds is 15. The zero-order valence-corrected chi connectivity index (χ0v) is 16.7. The summed E-state index contributed by atoms with van der Waals surface area (Å²) in [6.07, 6.45) is 14.8. The van der Waals surface area contributed by atoms with Gasteiger partial charge in [-0.25, -0.2) is 0 Å². The molecule has 0 saturated heterocycles. The molecule has 26 heavy (non-hydrogen) atoms. The van der Waals surface area contributed by atoms with Crippen molar-refractivity contribution in [3.05, 3.63) is 23.8 Å². The molecular weight excluding hydrogens is 326 g/mol. The normalized spacial score (nSPS) is 11.7. The number of unbranched alkanes of at least 4 members (excludes halogenated alkanes) is 10. The number of nitrogens with zero attached hydrogens (tertiary/aromatic N) is 1. The summed E-state index contributed by atoms with van der Waals surface area (Å²) in [5.74, 6) is 0.810. The Kier molecular flexibility index (Phi) is 12.4. The predicted octanol–water partition coefficient (Wildman–Crippen LogP) is 6.67. The topological polar surface area (TPSA) is 62.1 Å². The van der Waals surface area contributed by atoms with Crippen LogP contribution >= 0.6 is 0 Å². The van der Waals surface area contributed by atoms with E-state index in [4.69, 9.17) is 4.74 Å². The first kappa shape index (κ1) is 22.3. The summed E-state index contributed by atoms with van der Waals surface area (Å²) in [5, 5.41) is 22.8. The number of aromatic hydroxyl groups is 1. The number of oxime groups is 1. The lowest BCUT2D eigenvalue weighted by molar-refractivity contribution is 0.317. The van der Waals surface area contributed by atoms with Gasteiger partial charge in [0.15, 0.2) is 0 Å². The van der Waals surface area contributed by atoms with Crippen LogP contribution in [0.4, 0.5) is 0 Å². The number of hydrogen-bond donors (Lipinski definition) is 2. The minimum atomic E-state index is 0.129. The zero-order chi connectivity index (χ0) is 19.0. The van der Waals surface area contributed by atoms with Gasteiger partial charge < -0.3 is 15.1 Å². The summed E-state index contributed by atoms with van der Waals surface area (Å²) < 4.78 is 5.46. The van der Waals surface area contributed by atoms with Crippen molar-refractivity contribution in [3.8, 4) is 11.5 Å². The highest BCUT2D eigenvalue weighted by Crippen LogP contribution is 2.25. The largest absolute Gasteiger partial charge is 0.507 e. The maximum Gasteiger partial charge on any atom is 0.125 e. The molecule has 148 valence electrons. The summed E-state index contributed by atoms with van der Waals surface area (Å²) in [7, 11) is 0. The number of ether oxygens (including phenoxy) is 1. The van der Waals surface area contributed by atoms with Crippen LogP contribution in [-0.2, 0) is 0 Å². The highest BCUT2D eigenvalue weighted by molar-refractivity contribution is 6.02. The molecule has 4 heteroatoms. The van der Waals surface area contributed by atoms with Gasteiger partial charge in [0.2, 0.25) is 0 Å². The Labute approximate surface area is 159 Å². The lowest BCUT2D eigenvalue weighted by Crippen LogP contribution is -2.03. The Morgan fingerprint density at radius 2 is 1.46 bits per heavy atom. The fourth-order valence-corrected chi connectivity index (χ4v) is 3.20. The molecule has 0 radical (unpaired) electrons. The summed E-state index contributed by atoms with van der Waals surface area (Å²) in [6.45, 7) is 4.73. The average Bonchev–Trinajstić information content (AvgIpc) is 2.65. The quantitative estimate of drug-likeness (QED) is 0.158. The van der Waals surface area contributed by atoms with Gasteiger partial charge in [-0.1, -0.05) is 76.3 Å². The third-order valence-electron chi connectivity index (χ3n) is 4.73. The number of hydrogen-bond acceptors (Lipinski definition) is 4. The second kappa shape index (κ2) is 14.5. The highest BCUT2D eigenvalue weighted by Gasteiger charge is 2.11. The summed E-state index contributed by atoms with van der Waals surface area (Å²) in [4.78, 5) is 0. The number of benzene rings is 1. The predicted molar refractivity (Wildman–Crippen MR) is 109 cm³/mol. The van der Waals surface area contributed by atoms with Crippen molar-refractivity contribution in [2.75, 3.05) is 6.61 Å². The van der Waals surface area contributed by atoms with E-state index in [9.17, 15) is 10.3 Å². The number of phenols is 1. The molecule has 0 saturated carbocycles. The fraction of sp³-hybridized carbons (Fsp3) is 0.682. The molecule has 0 unspecified atom stereocenters. The van der Waals surface area contributed by atoms with E-state index in [1.165, 1.54) is 57.8 Å². The van der Waals surface area contributed by atoms with E-state index in [0.717, 1.165) is 12.8 Å². The molecule has 1 aromatic rings. The standard InChI is InChI=1S/C22H37NO3/c1-3-5-6-7-8-9-10-11-12-13-14-15-21(23-25)20-18-19(26-4-2)16-17-22(20)24/h16-18,24-25H,3-15H2,1-2H3/b23-21-. The van der Waals surface area contributed by atoms with Crippen molar-refractivity contribution in [2.24, 2.45) is 5.16 Å². The van der Waals surface area contributed by atoms with E-state index in [0.29, 0.717) is 30.1 Å². The maximum atomic E-state index is 10.0. The molecule has 0 spiro atoms. The zero-order valence-electron chi connectivity index (χ0n) is 16.7. The van der Waals surface area contributed by atoms with Crippen LogP contribution in [0, 0.1) is 0 Å². The third-order valence-corrected chi connectivity index (χ3v) is 4.73. The van der Waals surface area contributed by atoms with Crippen molar-refractivity contribution in [3.63, 3.8) is 0 Å². The Morgan fingerprint density at radius 1 is 0.885 bits per heavy atom. The van der Waals surface area contributed by atoms with Crippen LogP contribution in [0.1, 0.15) is 96.5 Å². The molecule has 0 aliphatic heterocycles. The SMILES string of the molecule is CCCCCCCCCCCCC/C(=N/O)c1cc(OCC)ccc1O. The van der Waals surface area contributed by atoms with Gasteiger partial charge in [0.1, 0.15) is 11.5 Å². The maximum absolute atomic E-state index is 10.0. The van der Waals surface area contributed by atoms with E-state index >= 15 is 0 Å². The van der Waals surface area contributed by atoms with Crippen molar-refractivity contribution in [1.29, 1.82) is 0 Å². The van der Waals surface area contributed by atoms with Crippen molar-refractivity contribution in [2.45, 2.75) is 90.9 Å². The summed E-state index contributed by atoms with van der Waals surface area (Å²) in [6, 6.07) is 5.05. The van der Waals surface area contributed by atoms with Gasteiger partial charge in [-0.15, -0.1) is 0 Å². The number of phenolic OH excluding ortho intramolecular Hbond substituents is 1. The molecule has 2 N–H and O–H groups in total. The molecule has 0 fully saturated rings. The second-order valence-electron chi connectivity index (χ2n) is 6.94. The van der Waals surface area contributed by atoms with Gasteiger partial charge >= 0.3 is 0 Å². The Hall–Kier alpha value is -1.71.